The summed E-state index contributed by atoms with van der Waals surface area (Å²) in [6.45, 7) is 0. The van der Waals surface area contributed by atoms with Gasteiger partial charge in [0.05, 0.1) is 11.9 Å². The van der Waals surface area contributed by atoms with E-state index in [2.05, 4.69) is 20.0 Å². The summed E-state index contributed by atoms with van der Waals surface area (Å²) in [6, 6.07) is 0. The molecular formula is ClFO4S. The summed E-state index contributed by atoms with van der Waals surface area (Å²) in [7, 11) is -4.56. The molecule has 0 fully saturated rings. The summed E-state index contributed by atoms with van der Waals surface area (Å²) in [5, 5.41) is 0. The third kappa shape index (κ3) is 2.75. The van der Waals surface area contributed by atoms with Crippen molar-refractivity contribution < 1.29 is 21.1 Å². The van der Waals surface area contributed by atoms with E-state index >= 15 is 0 Å². The fourth-order valence-corrected chi connectivity index (χ4v) is 0.0875. The number of hydrogen-bond acceptors (Lipinski definition) is 4. The first-order valence-electron chi connectivity index (χ1n) is 0.975. The third-order valence-corrected chi connectivity index (χ3v) is 0.926. The van der Waals surface area contributed by atoms with Gasteiger partial charge < -0.3 is 0 Å². The van der Waals surface area contributed by atoms with Crippen LogP contribution in [0.3, 0.4) is 0 Å². The maximum absolute atomic E-state index is 10.5. The molecule has 0 radical (unpaired) electrons. The van der Waals surface area contributed by atoms with Crippen LogP contribution in [-0.2, 0) is 18.5 Å². The zero-order valence-electron chi connectivity index (χ0n) is 2.80. The average Bonchev–Trinajstić information content (AvgIpc) is 1.68. The smallest absolute Gasteiger partial charge is 0.165 e. The maximum Gasteiger partial charge on any atom is 0.446 e. The molecule has 0 bridgehead atoms. The molecule has 0 amide bonds. The van der Waals surface area contributed by atoms with Crippen molar-refractivity contribution >= 4 is 22.3 Å². The number of hydrogen-bond donors (Lipinski definition) is 0. The van der Waals surface area contributed by atoms with Crippen LogP contribution >= 0.6 is 11.9 Å². The topological polar surface area (TPSA) is 52.6 Å². The second kappa shape index (κ2) is 2.41. The minimum absolute atomic E-state index is 2.20. The van der Waals surface area contributed by atoms with Crippen LogP contribution < -0.4 is 0 Å². The molecule has 0 spiro atoms. The SMILES string of the molecule is O=S(=O)(OF)OCl. The van der Waals surface area contributed by atoms with Crippen molar-refractivity contribution in [2.24, 2.45) is 0 Å². The summed E-state index contributed by atoms with van der Waals surface area (Å²) >= 11 is 4.14. The molecule has 0 saturated heterocycles. The van der Waals surface area contributed by atoms with Crippen molar-refractivity contribution in [3.05, 3.63) is 0 Å². The first-order chi connectivity index (χ1) is 3.12. The minimum Gasteiger partial charge on any atom is -0.165 e. The zero-order valence-corrected chi connectivity index (χ0v) is 4.37. The van der Waals surface area contributed by atoms with Crippen LogP contribution in [0.5, 0.6) is 0 Å². The molecule has 0 aromatic carbocycles. The van der Waals surface area contributed by atoms with Gasteiger partial charge in [0.1, 0.15) is 0 Å². The lowest BCUT2D eigenvalue weighted by molar-refractivity contribution is -0.00890. The lowest BCUT2D eigenvalue weighted by Crippen LogP contribution is -1.96. The summed E-state index contributed by atoms with van der Waals surface area (Å²) in [4.78, 5) is 0. The van der Waals surface area contributed by atoms with Gasteiger partial charge in [0.25, 0.3) is 0 Å². The van der Waals surface area contributed by atoms with E-state index in [1.165, 1.54) is 0 Å². The Bertz CT molecular complexity index is 115. The van der Waals surface area contributed by atoms with E-state index in [4.69, 9.17) is 0 Å². The van der Waals surface area contributed by atoms with Gasteiger partial charge in [-0.1, -0.05) is 0 Å². The molecule has 0 aliphatic rings. The molecule has 0 rings (SSSR count). The second-order valence-corrected chi connectivity index (χ2v) is 1.98. The van der Waals surface area contributed by atoms with E-state index in [1.54, 1.807) is 0 Å². The standard InChI is InChI=1S/ClFO4S/c1-5-7(3,4)6-2. The Morgan fingerprint density at radius 2 is 2.00 bits per heavy atom. The molecule has 0 saturated carbocycles. The molecule has 0 heterocycles. The molecule has 0 aliphatic heterocycles. The van der Waals surface area contributed by atoms with Gasteiger partial charge in [-0.05, 0) is 8.91 Å². The van der Waals surface area contributed by atoms with Crippen LogP contribution in [0.15, 0.2) is 0 Å². The highest BCUT2D eigenvalue weighted by Gasteiger charge is 2.08. The Balaban J connectivity index is 3.89. The summed E-state index contributed by atoms with van der Waals surface area (Å²) in [5.41, 5.74) is 0. The lowest BCUT2D eigenvalue weighted by atomic mass is 15.6. The molecule has 7 heavy (non-hydrogen) atoms. The van der Waals surface area contributed by atoms with Gasteiger partial charge in [0.15, 0.2) is 0 Å². The fourth-order valence-electron chi connectivity index (χ4n) is 0.00972. The second-order valence-electron chi connectivity index (χ2n) is 0.534. The quantitative estimate of drug-likeness (QED) is 0.568. The number of halogens is 2. The van der Waals surface area contributed by atoms with Gasteiger partial charge in [0.2, 0.25) is 0 Å². The first kappa shape index (κ1) is 7.09. The normalized spacial score (nSPS) is 11.7. The molecule has 4 nitrogen and oxygen atoms in total. The Labute approximate surface area is 44.2 Å². The van der Waals surface area contributed by atoms with Gasteiger partial charge in [-0.3, -0.25) is 0 Å². The van der Waals surface area contributed by atoms with Crippen LogP contribution in [0.2, 0.25) is 0 Å². The predicted octanol–water partition coefficient (Wildman–Crippen LogP) is 0.303. The minimum atomic E-state index is -4.56. The van der Waals surface area contributed by atoms with Crippen LogP contribution in [0, 0.1) is 0 Å². The zero-order chi connectivity index (χ0) is 5.91. The van der Waals surface area contributed by atoms with Gasteiger partial charge in [-0.25, -0.2) is 0 Å². The maximum atomic E-state index is 10.5. The van der Waals surface area contributed by atoms with E-state index in [1.807, 2.05) is 0 Å². The van der Waals surface area contributed by atoms with Gasteiger partial charge in [-0.15, -0.1) is 3.74 Å². The molecular weight excluding hydrogens is 151 g/mol. The van der Waals surface area contributed by atoms with Crippen molar-refractivity contribution in [1.82, 2.24) is 0 Å². The van der Waals surface area contributed by atoms with Crippen molar-refractivity contribution in [1.29, 1.82) is 0 Å². The van der Waals surface area contributed by atoms with E-state index in [0.717, 1.165) is 0 Å². The molecule has 0 aromatic heterocycles. The highest BCUT2D eigenvalue weighted by molar-refractivity contribution is 7.82. The van der Waals surface area contributed by atoms with E-state index in [-0.39, 0.29) is 0 Å². The van der Waals surface area contributed by atoms with E-state index < -0.39 is 10.4 Å². The highest BCUT2D eigenvalue weighted by atomic mass is 35.5. The lowest BCUT2D eigenvalue weighted by Gasteiger charge is -1.82. The summed E-state index contributed by atoms with van der Waals surface area (Å²) < 4.78 is 34.4. The van der Waals surface area contributed by atoms with Crippen molar-refractivity contribution in [3.63, 3.8) is 0 Å². The Kier molecular flexibility index (Phi) is 2.44. The molecule has 0 unspecified atom stereocenters. The highest BCUT2D eigenvalue weighted by Crippen LogP contribution is 1.96. The number of rotatable bonds is 2. The van der Waals surface area contributed by atoms with Crippen LogP contribution in [0.4, 0.5) is 4.53 Å². The molecule has 7 heteroatoms. The third-order valence-electron chi connectivity index (χ3n) is 0.154. The van der Waals surface area contributed by atoms with Crippen molar-refractivity contribution in [2.75, 3.05) is 0 Å². The average molecular weight is 151 g/mol. The summed E-state index contributed by atoms with van der Waals surface area (Å²) in [6.07, 6.45) is 0. The largest absolute Gasteiger partial charge is 0.446 e. The molecule has 44 valence electrons. The summed E-state index contributed by atoms with van der Waals surface area (Å²) in [5.74, 6) is 0. The molecule has 0 atom stereocenters. The van der Waals surface area contributed by atoms with E-state index in [0.29, 0.717) is 0 Å². The molecule has 0 N–H and O–H groups in total. The van der Waals surface area contributed by atoms with Crippen molar-refractivity contribution in [2.45, 2.75) is 0 Å². The predicted molar refractivity (Wildman–Crippen MR) is 18.1 cm³/mol. The monoisotopic (exact) mass is 150 g/mol. The van der Waals surface area contributed by atoms with Crippen LogP contribution in [0.1, 0.15) is 0 Å². The fraction of sp³-hybridized carbons (Fsp3) is 0. The van der Waals surface area contributed by atoms with Gasteiger partial charge in [-0.2, -0.15) is 8.42 Å². The van der Waals surface area contributed by atoms with Crippen molar-refractivity contribution in [3.8, 4) is 0 Å². The van der Waals surface area contributed by atoms with E-state index in [9.17, 15) is 12.9 Å². The van der Waals surface area contributed by atoms with Gasteiger partial charge >= 0.3 is 10.4 Å². The molecule has 0 aliphatic carbocycles. The van der Waals surface area contributed by atoms with Gasteiger partial charge in [0, 0.05) is 0 Å². The Morgan fingerprint density at radius 3 is 2.00 bits per heavy atom. The molecule has 0 aromatic rings. The Morgan fingerprint density at radius 1 is 1.57 bits per heavy atom. The Hall–Kier alpha value is 0.0900. The first-order valence-corrected chi connectivity index (χ1v) is 2.62. The van der Waals surface area contributed by atoms with Crippen LogP contribution in [0.25, 0.3) is 0 Å². The van der Waals surface area contributed by atoms with Crippen LogP contribution in [-0.4, -0.2) is 8.42 Å².